The smallest absolute Gasteiger partial charge is 0.255 e. The Kier molecular flexibility index (Phi) is 5.58. The Labute approximate surface area is 133 Å². The van der Waals surface area contributed by atoms with Gasteiger partial charge in [-0.1, -0.05) is 18.9 Å². The van der Waals surface area contributed by atoms with E-state index in [1.807, 2.05) is 0 Å². The molecule has 22 heavy (non-hydrogen) atoms. The number of rotatable bonds is 7. The number of sulfonamides is 1. The van der Waals surface area contributed by atoms with E-state index in [1.165, 1.54) is 31.7 Å². The molecule has 0 amide bonds. The van der Waals surface area contributed by atoms with Gasteiger partial charge in [0.05, 0.1) is 0 Å². The highest BCUT2D eigenvalue weighted by Crippen LogP contribution is 2.27. The number of nitrogens with zero attached hydrogens (tertiary/aromatic N) is 1. The Morgan fingerprint density at radius 3 is 2.64 bits per heavy atom. The minimum atomic E-state index is -3.68. The van der Waals surface area contributed by atoms with Gasteiger partial charge in [0.2, 0.25) is 0 Å². The van der Waals surface area contributed by atoms with Crippen LogP contribution in [0.3, 0.4) is 0 Å². The number of hydrogen-bond acceptors (Lipinski definition) is 4. The fourth-order valence-electron chi connectivity index (χ4n) is 3.16. The highest BCUT2D eigenvalue weighted by molar-refractivity contribution is 7.89. The Hall–Kier alpha value is -0.980. The maximum Gasteiger partial charge on any atom is 0.255 e. The molecule has 124 valence electrons. The van der Waals surface area contributed by atoms with Gasteiger partial charge in [0.25, 0.3) is 10.0 Å². The second-order valence-corrected chi connectivity index (χ2v) is 8.49. The molecule has 2 rings (SSSR count). The van der Waals surface area contributed by atoms with Crippen LogP contribution in [0.25, 0.3) is 0 Å². The average molecular weight is 325 g/mol. The second kappa shape index (κ2) is 7.06. The number of unbranched alkanes of at least 4 members (excludes halogenated alkanes) is 2. The fraction of sp³-hybridized carbons (Fsp3) is 0.688. The quantitative estimate of drug-likeness (QED) is 0.753. The minimum absolute atomic E-state index is 0.0624. The summed E-state index contributed by atoms with van der Waals surface area (Å²) in [6.45, 7) is 5.68. The van der Waals surface area contributed by atoms with Gasteiger partial charge in [0.1, 0.15) is 0 Å². The van der Waals surface area contributed by atoms with Crippen molar-refractivity contribution in [3.8, 4) is 0 Å². The highest BCUT2D eigenvalue weighted by atomic mass is 32.2. The molecule has 0 aliphatic carbocycles. The van der Waals surface area contributed by atoms with E-state index in [2.05, 4.69) is 24.1 Å². The van der Waals surface area contributed by atoms with Crippen molar-refractivity contribution in [1.29, 1.82) is 0 Å². The van der Waals surface area contributed by atoms with Crippen LogP contribution in [0, 0.1) is 5.92 Å². The lowest BCUT2D eigenvalue weighted by molar-refractivity contribution is 0.424. The molecular formula is C16H27N3O2S. The van der Waals surface area contributed by atoms with Gasteiger partial charge in [0, 0.05) is 11.7 Å². The number of pyridine rings is 1. The summed E-state index contributed by atoms with van der Waals surface area (Å²) in [6, 6.07) is 3.28. The van der Waals surface area contributed by atoms with E-state index in [0.29, 0.717) is 5.54 Å². The third-order valence-corrected chi connectivity index (χ3v) is 5.16. The van der Waals surface area contributed by atoms with Crippen LogP contribution < -0.4 is 10.5 Å². The highest BCUT2D eigenvalue weighted by Gasteiger charge is 2.29. The molecule has 0 saturated carbocycles. The third kappa shape index (κ3) is 5.34. The summed E-state index contributed by atoms with van der Waals surface area (Å²) in [5.41, 5.74) is 1.37. The predicted octanol–water partition coefficient (Wildman–Crippen LogP) is 2.22. The largest absolute Gasteiger partial charge is 0.312 e. The number of nitrogens with one attached hydrogen (secondary N) is 1. The lowest BCUT2D eigenvalue weighted by Gasteiger charge is -2.17. The molecule has 0 aromatic carbocycles. The molecule has 1 aromatic rings. The summed E-state index contributed by atoms with van der Waals surface area (Å²) in [7, 11) is -3.68. The molecule has 1 aliphatic rings. The monoisotopic (exact) mass is 325 g/mol. The first kappa shape index (κ1) is 17.4. The molecule has 5 nitrogen and oxygen atoms in total. The topological polar surface area (TPSA) is 85.1 Å². The van der Waals surface area contributed by atoms with Crippen molar-refractivity contribution in [3.63, 3.8) is 0 Å². The number of hydrogen-bond donors (Lipinski definition) is 2. The van der Waals surface area contributed by atoms with E-state index in [9.17, 15) is 8.42 Å². The fourth-order valence-corrected chi connectivity index (χ4v) is 3.61. The Bertz CT molecular complexity index is 582. The number of nitrogens with two attached hydrogens (primary N) is 1. The van der Waals surface area contributed by atoms with Crippen LogP contribution in [0.5, 0.6) is 0 Å². The molecule has 1 aliphatic heterocycles. The van der Waals surface area contributed by atoms with E-state index in [-0.39, 0.29) is 5.03 Å². The zero-order valence-corrected chi connectivity index (χ0v) is 14.3. The first-order valence-electron chi connectivity index (χ1n) is 7.99. The van der Waals surface area contributed by atoms with Gasteiger partial charge in [0.15, 0.2) is 5.03 Å². The number of aryl methyl sites for hydroxylation is 1. The van der Waals surface area contributed by atoms with Gasteiger partial charge < -0.3 is 5.32 Å². The third-order valence-electron chi connectivity index (χ3n) is 4.34. The van der Waals surface area contributed by atoms with Gasteiger partial charge in [-0.3, -0.25) is 0 Å². The summed E-state index contributed by atoms with van der Waals surface area (Å²) in [5, 5.41) is 8.53. The molecular weight excluding hydrogens is 298 g/mol. The molecule has 1 saturated heterocycles. The van der Waals surface area contributed by atoms with E-state index < -0.39 is 10.0 Å². The van der Waals surface area contributed by atoms with Crippen LogP contribution in [0.2, 0.25) is 0 Å². The van der Waals surface area contributed by atoms with Crippen LogP contribution >= 0.6 is 0 Å². The van der Waals surface area contributed by atoms with Crippen molar-refractivity contribution < 1.29 is 8.42 Å². The van der Waals surface area contributed by atoms with Crippen molar-refractivity contribution in [1.82, 2.24) is 10.3 Å². The summed E-state index contributed by atoms with van der Waals surface area (Å²) in [6.07, 6.45) is 8.68. The molecule has 1 fully saturated rings. The molecule has 1 unspecified atom stereocenters. The molecule has 2 heterocycles. The van der Waals surface area contributed by atoms with Crippen LogP contribution in [-0.2, 0) is 16.4 Å². The van der Waals surface area contributed by atoms with Crippen molar-refractivity contribution in [3.05, 3.63) is 23.9 Å². The van der Waals surface area contributed by atoms with Gasteiger partial charge >= 0.3 is 0 Å². The van der Waals surface area contributed by atoms with Crippen molar-refractivity contribution in [2.75, 3.05) is 6.54 Å². The predicted molar refractivity (Wildman–Crippen MR) is 88.0 cm³/mol. The Morgan fingerprint density at radius 2 is 2.09 bits per heavy atom. The maximum atomic E-state index is 11.1. The van der Waals surface area contributed by atoms with Crippen molar-refractivity contribution >= 4 is 10.0 Å². The zero-order chi connectivity index (χ0) is 16.2. The molecule has 0 bridgehead atoms. The SMILES string of the molecule is CC1(C)CC(CCCCCc2ccc(S(N)(=O)=O)nc2)CN1. The number of primary sulfonamides is 1. The normalized spacial score (nSPS) is 21.1. The van der Waals surface area contributed by atoms with Crippen LogP contribution in [0.4, 0.5) is 0 Å². The molecule has 6 heteroatoms. The summed E-state index contributed by atoms with van der Waals surface area (Å²) >= 11 is 0. The van der Waals surface area contributed by atoms with Gasteiger partial charge in [-0.25, -0.2) is 18.5 Å². The van der Waals surface area contributed by atoms with Crippen LogP contribution in [-0.4, -0.2) is 25.5 Å². The van der Waals surface area contributed by atoms with Gasteiger partial charge in [-0.2, -0.15) is 0 Å². The first-order valence-corrected chi connectivity index (χ1v) is 9.54. The number of aromatic nitrogens is 1. The van der Waals surface area contributed by atoms with E-state index in [0.717, 1.165) is 30.9 Å². The lowest BCUT2D eigenvalue weighted by atomic mass is 9.92. The van der Waals surface area contributed by atoms with Crippen molar-refractivity contribution in [2.24, 2.45) is 11.1 Å². The Morgan fingerprint density at radius 1 is 1.32 bits per heavy atom. The lowest BCUT2D eigenvalue weighted by Crippen LogP contribution is -2.31. The van der Waals surface area contributed by atoms with E-state index >= 15 is 0 Å². The van der Waals surface area contributed by atoms with Crippen LogP contribution in [0.15, 0.2) is 23.4 Å². The molecule has 1 atom stereocenters. The van der Waals surface area contributed by atoms with Crippen molar-refractivity contribution in [2.45, 2.75) is 62.9 Å². The minimum Gasteiger partial charge on any atom is -0.312 e. The van der Waals surface area contributed by atoms with Crippen LogP contribution in [0.1, 0.15) is 51.5 Å². The summed E-state index contributed by atoms with van der Waals surface area (Å²) in [4.78, 5) is 3.91. The van der Waals surface area contributed by atoms with Gasteiger partial charge in [-0.05, 0) is 63.6 Å². The van der Waals surface area contributed by atoms with Gasteiger partial charge in [-0.15, -0.1) is 0 Å². The van der Waals surface area contributed by atoms with E-state index in [1.54, 1.807) is 12.3 Å². The zero-order valence-electron chi connectivity index (χ0n) is 13.5. The summed E-state index contributed by atoms with van der Waals surface area (Å²) in [5.74, 6) is 0.811. The molecule has 1 aromatic heterocycles. The second-order valence-electron chi connectivity index (χ2n) is 6.98. The molecule has 3 N–H and O–H groups in total. The van der Waals surface area contributed by atoms with E-state index in [4.69, 9.17) is 5.14 Å². The maximum absolute atomic E-state index is 11.1. The average Bonchev–Trinajstić information content (AvgIpc) is 2.77. The Balaban J connectivity index is 1.65. The summed E-state index contributed by atoms with van der Waals surface area (Å²) < 4.78 is 22.3. The standard InChI is InChI=1S/C16H27N3O2S/c1-16(2)10-14(12-19-16)7-5-3-4-6-13-8-9-15(18-11-13)22(17,20)21/h8-9,11,14,19H,3-7,10,12H2,1-2H3,(H2,17,20,21). The first-order chi connectivity index (χ1) is 10.3. The molecule has 0 radical (unpaired) electrons. The molecule has 0 spiro atoms.